The molecule has 0 amide bonds. The Morgan fingerprint density at radius 2 is 0.958 bits per heavy atom. The third-order valence-electron chi connectivity index (χ3n) is 4.23. The Hall–Kier alpha value is 0.0700. The lowest BCUT2D eigenvalue weighted by atomic mass is 10.1. The summed E-state index contributed by atoms with van der Waals surface area (Å²) in [7, 11) is -0.0594. The monoisotopic (exact) mass is 367 g/mol. The molecule has 0 aliphatic rings. The molecule has 6 heteroatoms. The molecule has 0 aromatic carbocycles. The summed E-state index contributed by atoms with van der Waals surface area (Å²) in [6.07, 6.45) is 17.1. The highest BCUT2D eigenvalue weighted by Crippen LogP contribution is 2.19. The summed E-state index contributed by atoms with van der Waals surface area (Å²) in [5, 5.41) is 0. The zero-order valence-corrected chi connectivity index (χ0v) is 17.4. The third-order valence-corrected chi connectivity index (χ3v) is 4.23. The second-order valence-electron chi connectivity index (χ2n) is 7.41. The summed E-state index contributed by atoms with van der Waals surface area (Å²) in [5.41, 5.74) is 0. The number of unbranched alkanes of at least 4 members (excludes halogenated alkanes) is 10. The van der Waals surface area contributed by atoms with Gasteiger partial charge in [-0.2, -0.15) is 0 Å². The number of rotatable bonds is 14. The molecule has 0 aliphatic heterocycles. The Balaban J connectivity index is 0. The molecule has 5 nitrogen and oxygen atoms in total. The van der Waals surface area contributed by atoms with Crippen LogP contribution < -0.4 is 4.89 Å². The van der Waals surface area contributed by atoms with Crippen molar-refractivity contribution in [3.8, 4) is 0 Å². The first-order valence-corrected chi connectivity index (χ1v) is 11.2. The van der Waals surface area contributed by atoms with Gasteiger partial charge in [0.2, 0.25) is 0 Å². The molecule has 0 aromatic rings. The minimum atomic E-state index is -4.89. The Bertz CT molecular complexity index is 279. The minimum absolute atomic E-state index is 1.24. The Morgan fingerprint density at radius 3 is 1.25 bits per heavy atom. The van der Waals surface area contributed by atoms with Gasteiger partial charge in [0.05, 0.1) is 27.2 Å². The zero-order valence-electron chi connectivity index (χ0n) is 16.5. The van der Waals surface area contributed by atoms with Crippen LogP contribution in [0.3, 0.4) is 0 Å². The fourth-order valence-corrected chi connectivity index (χ4v) is 2.75. The first-order valence-electron chi connectivity index (χ1n) is 9.71. The van der Waals surface area contributed by atoms with Crippen LogP contribution in [0.15, 0.2) is 0 Å². The lowest BCUT2D eigenvalue weighted by Crippen LogP contribution is -2.41. The molecule has 2 N–H and O–H groups in total. The number of nitrogens with zero attached hydrogens (tertiary/aromatic N) is 1. The average molecular weight is 368 g/mol. The van der Waals surface area contributed by atoms with Crippen LogP contribution in [0.25, 0.3) is 0 Å². The maximum Gasteiger partial charge on any atom is 0.262 e. The van der Waals surface area contributed by atoms with Crippen LogP contribution in [-0.4, -0.2) is 41.5 Å². The van der Waals surface area contributed by atoms with E-state index < -0.39 is 7.82 Å². The van der Waals surface area contributed by atoms with Crippen LogP contribution in [-0.2, 0) is 4.57 Å². The summed E-state index contributed by atoms with van der Waals surface area (Å²) in [5.74, 6) is 0. The predicted molar refractivity (Wildman–Crippen MR) is 101 cm³/mol. The van der Waals surface area contributed by atoms with E-state index in [9.17, 15) is 0 Å². The summed E-state index contributed by atoms with van der Waals surface area (Å²) in [4.78, 5) is 22.9. The van der Waals surface area contributed by atoms with Crippen LogP contribution in [0.1, 0.15) is 90.9 Å². The third kappa shape index (κ3) is 30.0. The van der Waals surface area contributed by atoms with Crippen molar-refractivity contribution in [2.24, 2.45) is 0 Å². The van der Waals surface area contributed by atoms with Gasteiger partial charge in [-0.15, -0.1) is 0 Å². The van der Waals surface area contributed by atoms with Gasteiger partial charge in [-0.05, 0) is 25.7 Å². The fraction of sp³-hybridized carbons (Fsp3) is 1.00. The normalized spacial score (nSPS) is 12.0. The quantitative estimate of drug-likeness (QED) is 0.274. The maximum absolute atomic E-state index is 8.77. The molecule has 0 aliphatic carbocycles. The lowest BCUT2D eigenvalue weighted by Gasteiger charge is -2.30. The van der Waals surface area contributed by atoms with E-state index >= 15 is 0 Å². The molecule has 0 saturated carbocycles. The van der Waals surface area contributed by atoms with Crippen molar-refractivity contribution < 1.29 is 23.7 Å². The molecule has 0 spiro atoms. The molecule has 0 rings (SSSR count). The van der Waals surface area contributed by atoms with E-state index in [0.29, 0.717) is 0 Å². The van der Waals surface area contributed by atoms with Gasteiger partial charge in [-0.1, -0.05) is 65.2 Å². The standard InChI is InChI=1S/C18H40N.H3O4P/c1-5-7-9-11-13-15-17-19(3,4)18-16-14-12-10-8-6-2;1-5(2,3)4/h5-18H2,1-4H3;(H3,1,2,3,4)/q+1;/p-1. The van der Waals surface area contributed by atoms with Crippen molar-refractivity contribution in [3.05, 3.63) is 0 Å². The summed E-state index contributed by atoms with van der Waals surface area (Å²) >= 11 is 0. The summed E-state index contributed by atoms with van der Waals surface area (Å²) in [6.45, 7) is 7.34. The Labute approximate surface area is 150 Å². The smallest absolute Gasteiger partial charge is 0.262 e. The van der Waals surface area contributed by atoms with Gasteiger partial charge in [0.1, 0.15) is 0 Å². The van der Waals surface area contributed by atoms with Crippen molar-refractivity contribution in [1.82, 2.24) is 0 Å². The van der Waals surface area contributed by atoms with Crippen LogP contribution in [0.4, 0.5) is 0 Å². The van der Waals surface area contributed by atoms with E-state index in [4.69, 9.17) is 19.2 Å². The van der Waals surface area contributed by atoms with Crippen molar-refractivity contribution in [2.75, 3.05) is 27.2 Å². The lowest BCUT2D eigenvalue weighted by molar-refractivity contribution is -0.890. The van der Waals surface area contributed by atoms with Gasteiger partial charge >= 0.3 is 0 Å². The van der Waals surface area contributed by atoms with Crippen LogP contribution in [0, 0.1) is 0 Å². The fourth-order valence-electron chi connectivity index (χ4n) is 2.75. The zero-order chi connectivity index (χ0) is 18.9. The van der Waals surface area contributed by atoms with Crippen molar-refractivity contribution in [2.45, 2.75) is 90.9 Å². The molecule has 0 heterocycles. The van der Waals surface area contributed by atoms with Gasteiger partial charge < -0.3 is 19.2 Å². The van der Waals surface area contributed by atoms with Gasteiger partial charge in [0.25, 0.3) is 7.82 Å². The van der Waals surface area contributed by atoms with Gasteiger partial charge in [-0.25, -0.2) is 0 Å². The van der Waals surface area contributed by atoms with E-state index in [1.807, 2.05) is 0 Å². The topological polar surface area (TPSA) is 80.6 Å². The predicted octanol–water partition coefficient (Wildman–Crippen LogP) is 4.22. The largest absolute Gasteiger partial charge is 0.756 e. The molecule has 0 bridgehead atoms. The van der Waals surface area contributed by atoms with E-state index in [2.05, 4.69) is 27.9 Å². The van der Waals surface area contributed by atoms with E-state index in [-0.39, 0.29) is 0 Å². The molecule has 148 valence electrons. The number of hydrogen-bond donors (Lipinski definition) is 2. The molecular formula is C18H42NO4P. The van der Waals surface area contributed by atoms with Crippen LogP contribution in [0.5, 0.6) is 0 Å². The van der Waals surface area contributed by atoms with E-state index in [1.165, 1.54) is 94.6 Å². The Morgan fingerprint density at radius 1 is 0.708 bits per heavy atom. The van der Waals surface area contributed by atoms with Crippen molar-refractivity contribution in [3.63, 3.8) is 0 Å². The first kappa shape index (κ1) is 26.3. The van der Waals surface area contributed by atoms with E-state index in [1.54, 1.807) is 0 Å². The average Bonchev–Trinajstić information content (AvgIpc) is 2.44. The highest BCUT2D eigenvalue weighted by atomic mass is 31.2. The second-order valence-corrected chi connectivity index (χ2v) is 8.39. The van der Waals surface area contributed by atoms with Gasteiger partial charge in [-0.3, -0.25) is 4.57 Å². The van der Waals surface area contributed by atoms with Crippen molar-refractivity contribution >= 4 is 7.82 Å². The SMILES string of the molecule is CCCCCCCC[N+](C)(C)CCCCCCCC.O=P([O-])(O)O. The molecule has 0 fully saturated rings. The summed E-state index contributed by atoms with van der Waals surface area (Å²) < 4.78 is 10.0. The number of quaternary nitrogens is 1. The summed E-state index contributed by atoms with van der Waals surface area (Å²) in [6, 6.07) is 0. The van der Waals surface area contributed by atoms with Gasteiger partial charge in [0, 0.05) is 0 Å². The first-order chi connectivity index (χ1) is 11.1. The molecule has 0 atom stereocenters. The van der Waals surface area contributed by atoms with Crippen LogP contribution in [0.2, 0.25) is 0 Å². The van der Waals surface area contributed by atoms with Gasteiger partial charge in [0.15, 0.2) is 0 Å². The van der Waals surface area contributed by atoms with E-state index in [0.717, 1.165) is 0 Å². The molecular weight excluding hydrogens is 325 g/mol. The molecule has 24 heavy (non-hydrogen) atoms. The minimum Gasteiger partial charge on any atom is -0.756 e. The molecule has 0 unspecified atom stereocenters. The Kier molecular flexibility index (Phi) is 18.1. The molecule has 0 radical (unpaired) electrons. The molecule has 0 saturated heterocycles. The van der Waals surface area contributed by atoms with Crippen molar-refractivity contribution in [1.29, 1.82) is 0 Å². The highest BCUT2D eigenvalue weighted by Gasteiger charge is 2.13. The number of hydrogen-bond acceptors (Lipinski definition) is 2. The maximum atomic E-state index is 8.77. The highest BCUT2D eigenvalue weighted by molar-refractivity contribution is 7.43. The van der Waals surface area contributed by atoms with Crippen LogP contribution >= 0.6 is 7.82 Å². The molecule has 0 aromatic heterocycles. The second kappa shape index (κ2) is 16.5. The number of phosphoric acid groups is 1.